The Bertz CT molecular complexity index is 667. The Hall–Kier alpha value is -1.33. The summed E-state index contributed by atoms with van der Waals surface area (Å²) in [5.41, 5.74) is 0.925. The first-order valence-corrected chi connectivity index (χ1v) is 6.74. The van der Waals surface area contributed by atoms with Crippen LogP contribution in [0.5, 0.6) is 5.75 Å². The second-order valence-electron chi connectivity index (χ2n) is 3.37. The van der Waals surface area contributed by atoms with Crippen molar-refractivity contribution < 1.29 is 13.5 Å². The molecule has 0 saturated heterocycles. The molecule has 1 N–H and O–H groups in total. The number of nitrogens with zero attached hydrogens (tertiary/aromatic N) is 1. The summed E-state index contributed by atoms with van der Waals surface area (Å²) in [6.07, 6.45) is 0. The molecule has 6 heteroatoms. The second kappa shape index (κ2) is 3.61. The van der Waals surface area contributed by atoms with Gasteiger partial charge in [0.05, 0.1) is 4.90 Å². The maximum atomic E-state index is 11.3. The molecule has 0 radical (unpaired) electrons. The van der Waals surface area contributed by atoms with Crippen LogP contribution in [0.4, 0.5) is 0 Å². The van der Waals surface area contributed by atoms with Gasteiger partial charge in [-0.1, -0.05) is 0 Å². The van der Waals surface area contributed by atoms with Gasteiger partial charge in [0.15, 0.2) is 0 Å². The van der Waals surface area contributed by atoms with E-state index >= 15 is 0 Å². The van der Waals surface area contributed by atoms with Gasteiger partial charge in [-0.05, 0) is 31.2 Å². The third-order valence-electron chi connectivity index (χ3n) is 2.20. The summed E-state index contributed by atoms with van der Waals surface area (Å²) >= 11 is 0. The molecule has 0 spiro atoms. The fourth-order valence-electron chi connectivity index (χ4n) is 1.49. The van der Waals surface area contributed by atoms with Crippen molar-refractivity contribution >= 4 is 30.6 Å². The lowest BCUT2D eigenvalue weighted by Crippen LogP contribution is -1.94. The fraction of sp³-hybridized carbons (Fsp3) is 0.100. The third-order valence-corrected chi connectivity index (χ3v) is 3.58. The van der Waals surface area contributed by atoms with Gasteiger partial charge in [-0.25, -0.2) is 13.4 Å². The lowest BCUT2D eigenvalue weighted by Gasteiger charge is -2.05. The van der Waals surface area contributed by atoms with Crippen LogP contribution in [0.15, 0.2) is 29.2 Å². The lowest BCUT2D eigenvalue weighted by molar-refractivity contribution is 0.480. The molecule has 16 heavy (non-hydrogen) atoms. The van der Waals surface area contributed by atoms with E-state index in [9.17, 15) is 13.5 Å². The van der Waals surface area contributed by atoms with Crippen LogP contribution in [0.2, 0.25) is 0 Å². The van der Waals surface area contributed by atoms with E-state index in [1.165, 1.54) is 12.1 Å². The zero-order valence-electron chi connectivity index (χ0n) is 8.31. The predicted molar refractivity (Wildman–Crippen MR) is 61.2 cm³/mol. The number of hydrogen-bond acceptors (Lipinski definition) is 4. The van der Waals surface area contributed by atoms with Crippen LogP contribution in [-0.2, 0) is 9.05 Å². The summed E-state index contributed by atoms with van der Waals surface area (Å²) < 4.78 is 22.6. The van der Waals surface area contributed by atoms with Crippen molar-refractivity contribution in [2.24, 2.45) is 0 Å². The number of phenolic OH excluding ortho intramolecular Hbond substituents is 1. The van der Waals surface area contributed by atoms with Crippen molar-refractivity contribution in [3.8, 4) is 5.75 Å². The standard InChI is InChI=1S/C10H8ClNO3S/c1-6-2-3-7-9(16(11,14)15)5-4-8(13)10(7)12-6/h2-5,13H,1H3. The molecule has 0 atom stereocenters. The van der Waals surface area contributed by atoms with E-state index in [4.69, 9.17) is 10.7 Å². The lowest BCUT2D eigenvalue weighted by atomic mass is 10.2. The molecular weight excluding hydrogens is 250 g/mol. The van der Waals surface area contributed by atoms with Gasteiger partial charge in [-0.3, -0.25) is 0 Å². The van der Waals surface area contributed by atoms with Crippen LogP contribution < -0.4 is 0 Å². The van der Waals surface area contributed by atoms with Crippen molar-refractivity contribution in [1.29, 1.82) is 0 Å². The highest BCUT2D eigenvalue weighted by atomic mass is 35.7. The molecule has 2 aromatic rings. The third kappa shape index (κ3) is 1.83. The number of fused-ring (bicyclic) bond motifs is 1. The number of aromatic nitrogens is 1. The minimum absolute atomic E-state index is 0.0468. The van der Waals surface area contributed by atoms with Gasteiger partial charge in [0, 0.05) is 21.8 Å². The van der Waals surface area contributed by atoms with Gasteiger partial charge in [-0.15, -0.1) is 0 Å². The molecule has 0 amide bonds. The van der Waals surface area contributed by atoms with Gasteiger partial charge in [-0.2, -0.15) is 0 Å². The van der Waals surface area contributed by atoms with E-state index in [0.29, 0.717) is 11.1 Å². The van der Waals surface area contributed by atoms with Gasteiger partial charge in [0.2, 0.25) is 0 Å². The van der Waals surface area contributed by atoms with E-state index in [1.54, 1.807) is 19.1 Å². The maximum Gasteiger partial charge on any atom is 0.261 e. The van der Waals surface area contributed by atoms with Crippen LogP contribution in [0.25, 0.3) is 10.9 Å². The first-order valence-electron chi connectivity index (χ1n) is 4.43. The number of halogens is 1. The van der Waals surface area contributed by atoms with Crippen molar-refractivity contribution in [3.05, 3.63) is 30.0 Å². The van der Waals surface area contributed by atoms with Crippen molar-refractivity contribution in [2.75, 3.05) is 0 Å². The highest BCUT2D eigenvalue weighted by Crippen LogP contribution is 2.30. The molecule has 0 aliphatic rings. The van der Waals surface area contributed by atoms with E-state index in [0.717, 1.165) is 0 Å². The molecule has 0 bridgehead atoms. The van der Waals surface area contributed by atoms with Crippen LogP contribution in [0.1, 0.15) is 5.69 Å². The van der Waals surface area contributed by atoms with Gasteiger partial charge in [0.1, 0.15) is 11.3 Å². The molecule has 0 unspecified atom stereocenters. The zero-order valence-corrected chi connectivity index (χ0v) is 9.88. The summed E-state index contributed by atoms with van der Waals surface area (Å²) in [7, 11) is 1.45. The van der Waals surface area contributed by atoms with Crippen LogP contribution >= 0.6 is 10.7 Å². The topological polar surface area (TPSA) is 67.3 Å². The normalized spacial score (nSPS) is 11.9. The summed E-state index contributed by atoms with van der Waals surface area (Å²) in [5.74, 6) is -0.0669. The number of hydrogen-bond donors (Lipinski definition) is 1. The van der Waals surface area contributed by atoms with Gasteiger partial charge >= 0.3 is 0 Å². The number of phenols is 1. The largest absolute Gasteiger partial charge is 0.506 e. The van der Waals surface area contributed by atoms with Crippen LogP contribution in [-0.4, -0.2) is 18.5 Å². The molecule has 0 aliphatic carbocycles. The van der Waals surface area contributed by atoms with E-state index in [1.807, 2.05) is 0 Å². The second-order valence-corrected chi connectivity index (χ2v) is 5.90. The zero-order chi connectivity index (χ0) is 11.9. The Morgan fingerprint density at radius 1 is 1.25 bits per heavy atom. The minimum Gasteiger partial charge on any atom is -0.506 e. The Morgan fingerprint density at radius 2 is 1.94 bits per heavy atom. The summed E-state index contributed by atoms with van der Waals surface area (Å²) in [6.45, 7) is 1.75. The Balaban J connectivity index is 2.96. The molecule has 2 rings (SSSR count). The molecule has 0 fully saturated rings. The number of benzene rings is 1. The maximum absolute atomic E-state index is 11.3. The molecule has 0 saturated carbocycles. The molecule has 1 aromatic heterocycles. The van der Waals surface area contributed by atoms with Crippen molar-refractivity contribution in [2.45, 2.75) is 11.8 Å². The first-order chi connectivity index (χ1) is 7.39. The van der Waals surface area contributed by atoms with Crippen LogP contribution in [0, 0.1) is 6.92 Å². The number of rotatable bonds is 1. The highest BCUT2D eigenvalue weighted by Gasteiger charge is 2.16. The monoisotopic (exact) mass is 257 g/mol. The molecule has 4 nitrogen and oxygen atoms in total. The first kappa shape index (κ1) is 11.2. The smallest absolute Gasteiger partial charge is 0.261 e. The fourth-order valence-corrected chi connectivity index (χ4v) is 2.55. The number of aromatic hydroxyl groups is 1. The SMILES string of the molecule is Cc1ccc2c(S(=O)(=O)Cl)ccc(O)c2n1. The molecule has 84 valence electrons. The molecular formula is C10H8ClNO3S. The van der Waals surface area contributed by atoms with Gasteiger partial charge < -0.3 is 5.11 Å². The van der Waals surface area contributed by atoms with Crippen molar-refractivity contribution in [1.82, 2.24) is 4.98 Å². The molecule has 1 heterocycles. The molecule has 0 aliphatic heterocycles. The predicted octanol–water partition coefficient (Wildman–Crippen LogP) is 2.18. The summed E-state index contributed by atoms with van der Waals surface area (Å²) in [5, 5.41) is 9.91. The average Bonchev–Trinajstić information content (AvgIpc) is 2.17. The van der Waals surface area contributed by atoms with Crippen molar-refractivity contribution in [3.63, 3.8) is 0 Å². The van der Waals surface area contributed by atoms with Gasteiger partial charge in [0.25, 0.3) is 9.05 Å². The summed E-state index contributed by atoms with van der Waals surface area (Å²) in [6, 6.07) is 5.76. The quantitative estimate of drug-likeness (QED) is 0.795. The van der Waals surface area contributed by atoms with E-state index in [-0.39, 0.29) is 16.2 Å². The number of pyridine rings is 1. The minimum atomic E-state index is -3.84. The Labute approximate surface area is 96.9 Å². The number of aryl methyl sites for hydroxylation is 1. The average molecular weight is 258 g/mol. The highest BCUT2D eigenvalue weighted by molar-refractivity contribution is 8.14. The summed E-state index contributed by atoms with van der Waals surface area (Å²) in [4.78, 5) is 4.03. The van der Waals surface area contributed by atoms with Crippen LogP contribution in [0.3, 0.4) is 0 Å². The molecule has 1 aromatic carbocycles. The van der Waals surface area contributed by atoms with E-state index < -0.39 is 9.05 Å². The van der Waals surface area contributed by atoms with E-state index in [2.05, 4.69) is 4.98 Å². The Morgan fingerprint density at radius 3 is 2.56 bits per heavy atom. The Kier molecular flexibility index (Phi) is 2.52.